The summed E-state index contributed by atoms with van der Waals surface area (Å²) in [5.74, 6) is -0.349. The van der Waals surface area contributed by atoms with Gasteiger partial charge in [-0.25, -0.2) is 5.43 Å². The van der Waals surface area contributed by atoms with Gasteiger partial charge in [0.15, 0.2) is 0 Å². The normalized spacial score (nSPS) is 11.1. The summed E-state index contributed by atoms with van der Waals surface area (Å²) in [4.78, 5) is 12.3. The van der Waals surface area contributed by atoms with Crippen LogP contribution in [0, 0.1) is 0 Å². The minimum Gasteiger partial charge on any atom is -0.272 e. The van der Waals surface area contributed by atoms with Gasteiger partial charge in [0.1, 0.15) is 5.69 Å². The molecule has 1 amide bonds. The van der Waals surface area contributed by atoms with Crippen LogP contribution in [-0.4, -0.2) is 22.3 Å². The fourth-order valence-electron chi connectivity index (χ4n) is 2.74. The number of hydrazone groups is 1. The van der Waals surface area contributed by atoms with Crippen LogP contribution < -0.4 is 5.43 Å². The Bertz CT molecular complexity index is 1150. The number of amides is 1. The Labute approximate surface area is 164 Å². The number of fused-ring (bicyclic) bond motifs is 1. The van der Waals surface area contributed by atoms with E-state index in [2.05, 4.69) is 54.9 Å². The molecule has 0 atom stereocenters. The Morgan fingerprint density at radius 3 is 2.63 bits per heavy atom. The Morgan fingerprint density at radius 2 is 1.78 bits per heavy atom. The summed E-state index contributed by atoms with van der Waals surface area (Å²) < 4.78 is 0.906. The molecule has 0 saturated heterocycles. The average Bonchev–Trinajstić information content (AvgIpc) is 3.19. The van der Waals surface area contributed by atoms with Crippen molar-refractivity contribution in [2.24, 2.45) is 5.10 Å². The fraction of sp³-hybridized carbons (Fsp3) is 0. The highest BCUT2D eigenvalue weighted by Gasteiger charge is 2.10. The summed E-state index contributed by atoms with van der Waals surface area (Å²) in [5, 5.41) is 13.3. The minimum atomic E-state index is -0.349. The molecule has 132 valence electrons. The lowest BCUT2D eigenvalue weighted by Gasteiger charge is -2.00. The van der Waals surface area contributed by atoms with Crippen LogP contribution >= 0.6 is 15.9 Å². The number of hydrogen-bond donors (Lipinski definition) is 2. The topological polar surface area (TPSA) is 70.1 Å². The molecule has 0 aliphatic carbocycles. The van der Waals surface area contributed by atoms with Gasteiger partial charge in [0.25, 0.3) is 5.91 Å². The molecule has 0 aliphatic rings. The van der Waals surface area contributed by atoms with E-state index in [1.807, 2.05) is 48.5 Å². The molecule has 6 heteroatoms. The summed E-state index contributed by atoms with van der Waals surface area (Å²) in [6, 6.07) is 23.5. The predicted octanol–water partition coefficient (Wildman–Crippen LogP) is 4.76. The van der Waals surface area contributed by atoms with Gasteiger partial charge in [0.05, 0.1) is 11.9 Å². The smallest absolute Gasteiger partial charge is 0.272 e. The molecule has 1 aromatic heterocycles. The number of carbonyl (C=O) groups excluding carboxylic acids is 1. The highest BCUT2D eigenvalue weighted by atomic mass is 79.9. The third-order valence-corrected chi connectivity index (χ3v) is 4.86. The van der Waals surface area contributed by atoms with Crippen LogP contribution in [0.4, 0.5) is 0 Å². The van der Waals surface area contributed by atoms with Crippen LogP contribution in [0.3, 0.4) is 0 Å². The molecule has 5 nitrogen and oxygen atoms in total. The van der Waals surface area contributed by atoms with Gasteiger partial charge in [-0.1, -0.05) is 70.5 Å². The number of hydrogen-bond acceptors (Lipinski definition) is 3. The summed E-state index contributed by atoms with van der Waals surface area (Å²) in [6.45, 7) is 0. The number of rotatable bonds is 4. The molecule has 27 heavy (non-hydrogen) atoms. The van der Waals surface area contributed by atoms with Crippen molar-refractivity contribution in [3.05, 3.63) is 88.5 Å². The summed E-state index contributed by atoms with van der Waals surface area (Å²) >= 11 is 3.43. The molecule has 4 aromatic rings. The number of aromatic nitrogens is 2. The SMILES string of the molecule is O=C(N/N=C\c1ccccc1Br)c1cc(-c2ccc3ccccc3c2)n[nH]1. The van der Waals surface area contributed by atoms with Gasteiger partial charge in [-0.3, -0.25) is 9.89 Å². The van der Waals surface area contributed by atoms with E-state index in [-0.39, 0.29) is 5.91 Å². The lowest BCUT2D eigenvalue weighted by molar-refractivity contribution is 0.0950. The van der Waals surface area contributed by atoms with Crippen molar-refractivity contribution in [3.8, 4) is 11.3 Å². The third-order valence-electron chi connectivity index (χ3n) is 4.14. The van der Waals surface area contributed by atoms with E-state index in [1.165, 1.54) is 0 Å². The number of aromatic amines is 1. The minimum absolute atomic E-state index is 0.349. The summed E-state index contributed by atoms with van der Waals surface area (Å²) in [5.41, 5.74) is 5.39. The molecule has 1 heterocycles. The van der Waals surface area contributed by atoms with Crippen LogP contribution in [0.1, 0.15) is 16.1 Å². The number of carbonyl (C=O) groups is 1. The van der Waals surface area contributed by atoms with Crippen molar-refractivity contribution in [3.63, 3.8) is 0 Å². The molecule has 0 radical (unpaired) electrons. The second kappa shape index (κ2) is 7.55. The first-order valence-electron chi connectivity index (χ1n) is 8.33. The number of H-pyrrole nitrogens is 1. The molecular formula is C21H15BrN4O. The number of halogens is 1. The van der Waals surface area contributed by atoms with Crippen LogP contribution in [0.2, 0.25) is 0 Å². The molecule has 3 aromatic carbocycles. The highest BCUT2D eigenvalue weighted by Crippen LogP contribution is 2.23. The van der Waals surface area contributed by atoms with E-state index in [0.29, 0.717) is 11.4 Å². The lowest BCUT2D eigenvalue weighted by Crippen LogP contribution is -2.18. The van der Waals surface area contributed by atoms with Crippen molar-refractivity contribution in [2.45, 2.75) is 0 Å². The second-order valence-corrected chi connectivity index (χ2v) is 6.80. The predicted molar refractivity (Wildman–Crippen MR) is 111 cm³/mol. The van der Waals surface area contributed by atoms with E-state index in [4.69, 9.17) is 0 Å². The van der Waals surface area contributed by atoms with Gasteiger partial charge in [-0.15, -0.1) is 0 Å². The van der Waals surface area contributed by atoms with Crippen molar-refractivity contribution >= 4 is 38.8 Å². The monoisotopic (exact) mass is 418 g/mol. The van der Waals surface area contributed by atoms with Crippen LogP contribution in [0.5, 0.6) is 0 Å². The maximum atomic E-state index is 12.3. The largest absolute Gasteiger partial charge is 0.289 e. The zero-order valence-electron chi connectivity index (χ0n) is 14.2. The Morgan fingerprint density at radius 1 is 1.00 bits per heavy atom. The van der Waals surface area contributed by atoms with Crippen molar-refractivity contribution in [1.29, 1.82) is 0 Å². The van der Waals surface area contributed by atoms with Gasteiger partial charge in [-0.2, -0.15) is 10.2 Å². The number of nitrogens with one attached hydrogen (secondary N) is 2. The van der Waals surface area contributed by atoms with E-state index >= 15 is 0 Å². The number of nitrogens with zero attached hydrogens (tertiary/aromatic N) is 2. The number of benzene rings is 3. The first-order valence-corrected chi connectivity index (χ1v) is 9.12. The van der Waals surface area contributed by atoms with Gasteiger partial charge >= 0.3 is 0 Å². The average molecular weight is 419 g/mol. The Balaban J connectivity index is 1.49. The molecule has 2 N–H and O–H groups in total. The van der Waals surface area contributed by atoms with Crippen LogP contribution in [0.25, 0.3) is 22.0 Å². The molecule has 0 saturated carbocycles. The van der Waals surface area contributed by atoms with Gasteiger partial charge in [0.2, 0.25) is 0 Å². The molecule has 0 spiro atoms. The van der Waals surface area contributed by atoms with Crippen molar-refractivity contribution in [2.75, 3.05) is 0 Å². The molecule has 0 fully saturated rings. The Kier molecular flexibility index (Phi) is 4.80. The third kappa shape index (κ3) is 3.80. The molecular weight excluding hydrogens is 404 g/mol. The van der Waals surface area contributed by atoms with E-state index in [9.17, 15) is 4.79 Å². The zero-order chi connectivity index (χ0) is 18.6. The van der Waals surface area contributed by atoms with Gasteiger partial charge in [-0.05, 0) is 29.0 Å². The molecule has 0 aliphatic heterocycles. The van der Waals surface area contributed by atoms with Crippen LogP contribution in [0.15, 0.2) is 82.4 Å². The lowest BCUT2D eigenvalue weighted by atomic mass is 10.1. The van der Waals surface area contributed by atoms with Crippen molar-refractivity contribution < 1.29 is 4.79 Å². The van der Waals surface area contributed by atoms with E-state index < -0.39 is 0 Å². The highest BCUT2D eigenvalue weighted by molar-refractivity contribution is 9.10. The molecule has 0 bridgehead atoms. The quantitative estimate of drug-likeness (QED) is 0.370. The summed E-state index contributed by atoms with van der Waals surface area (Å²) in [6.07, 6.45) is 1.59. The zero-order valence-corrected chi connectivity index (χ0v) is 15.8. The van der Waals surface area contributed by atoms with Gasteiger partial charge in [0, 0.05) is 15.6 Å². The molecule has 0 unspecified atom stereocenters. The summed E-state index contributed by atoms with van der Waals surface area (Å²) in [7, 11) is 0. The van der Waals surface area contributed by atoms with Gasteiger partial charge < -0.3 is 0 Å². The van der Waals surface area contributed by atoms with Crippen LogP contribution in [-0.2, 0) is 0 Å². The maximum Gasteiger partial charge on any atom is 0.289 e. The first-order chi connectivity index (χ1) is 13.2. The Hall–Kier alpha value is -3.25. The first kappa shape index (κ1) is 17.2. The maximum absolute atomic E-state index is 12.3. The molecule has 4 rings (SSSR count). The van der Waals surface area contributed by atoms with Crippen molar-refractivity contribution in [1.82, 2.24) is 15.6 Å². The van der Waals surface area contributed by atoms with E-state index in [1.54, 1.807) is 12.3 Å². The standard InChI is InChI=1S/C21H15BrN4O/c22-18-8-4-3-7-17(18)13-23-26-21(27)20-12-19(24-25-20)16-10-9-14-5-1-2-6-15(14)11-16/h1-13H,(H,24,25)(H,26,27)/b23-13-. The second-order valence-electron chi connectivity index (χ2n) is 5.95. The fourth-order valence-corrected chi connectivity index (χ4v) is 3.12. The van der Waals surface area contributed by atoms with E-state index in [0.717, 1.165) is 26.4 Å².